The molecule has 28 heavy (non-hydrogen) atoms. The first-order valence-corrected chi connectivity index (χ1v) is 8.95. The lowest BCUT2D eigenvalue weighted by Crippen LogP contribution is -1.91. The molecule has 0 amide bonds. The molecule has 0 saturated carbocycles. The van der Waals surface area contributed by atoms with Gasteiger partial charge in [0.1, 0.15) is 0 Å². The molecule has 1 heterocycles. The van der Waals surface area contributed by atoms with Gasteiger partial charge in [0.2, 0.25) is 0 Å². The van der Waals surface area contributed by atoms with Crippen LogP contribution in [0.1, 0.15) is 23.6 Å². The Morgan fingerprint density at radius 2 is 1.50 bits per heavy atom. The molecule has 0 unspecified atom stereocenters. The van der Waals surface area contributed by atoms with Crippen molar-refractivity contribution in [2.75, 3.05) is 0 Å². The molecule has 4 rings (SSSR count). The van der Waals surface area contributed by atoms with Gasteiger partial charge in [0.15, 0.2) is 17.5 Å². The van der Waals surface area contributed by atoms with Crippen LogP contribution in [0.15, 0.2) is 67.0 Å². The molecule has 0 saturated heterocycles. The van der Waals surface area contributed by atoms with Crippen molar-refractivity contribution in [2.45, 2.75) is 13.3 Å². The molecule has 136 valence electrons. The molecule has 0 radical (unpaired) electrons. The Labute approximate surface area is 161 Å². The highest BCUT2D eigenvalue weighted by Gasteiger charge is 2.06. The van der Waals surface area contributed by atoms with Gasteiger partial charge in [0.05, 0.1) is 0 Å². The lowest BCUT2D eigenvalue weighted by molar-refractivity contribution is 0.517. The van der Waals surface area contributed by atoms with Crippen LogP contribution < -0.4 is 0 Å². The Hall–Kier alpha value is -3.58. The van der Waals surface area contributed by atoms with Crippen molar-refractivity contribution in [3.8, 4) is 23.2 Å². The SMILES string of the molecule is CCc1cnc(-c2ccc(C#Cc3ccc4c(F)c(F)ccc4c3)cc2)nc1. The van der Waals surface area contributed by atoms with Gasteiger partial charge in [0.25, 0.3) is 0 Å². The fraction of sp³-hybridized carbons (Fsp3) is 0.0833. The zero-order chi connectivity index (χ0) is 19.5. The maximum Gasteiger partial charge on any atom is 0.166 e. The number of nitrogens with zero attached hydrogens (tertiary/aromatic N) is 2. The Kier molecular flexibility index (Phi) is 4.82. The Morgan fingerprint density at radius 1 is 0.821 bits per heavy atom. The lowest BCUT2D eigenvalue weighted by atomic mass is 10.1. The minimum Gasteiger partial charge on any atom is -0.236 e. The van der Waals surface area contributed by atoms with Crippen LogP contribution in [0, 0.1) is 23.5 Å². The topological polar surface area (TPSA) is 25.8 Å². The summed E-state index contributed by atoms with van der Waals surface area (Å²) in [6.07, 6.45) is 4.58. The van der Waals surface area contributed by atoms with Crippen molar-refractivity contribution >= 4 is 10.8 Å². The number of aromatic nitrogens is 2. The molecule has 0 spiro atoms. The average Bonchev–Trinajstić information content (AvgIpc) is 2.75. The summed E-state index contributed by atoms with van der Waals surface area (Å²) in [7, 11) is 0. The standard InChI is InChI=1S/C24H16F2N2/c1-2-16-14-27-24(28-15-16)19-8-5-17(6-9-19)3-4-18-7-11-21-20(13-18)10-12-22(25)23(21)26/h5-15H,2H2,1H3. The van der Waals surface area contributed by atoms with E-state index < -0.39 is 11.6 Å². The number of aryl methyl sites for hydroxylation is 1. The Morgan fingerprint density at radius 3 is 2.21 bits per heavy atom. The smallest absolute Gasteiger partial charge is 0.166 e. The normalized spacial score (nSPS) is 10.5. The molecule has 0 aliphatic carbocycles. The zero-order valence-electron chi connectivity index (χ0n) is 15.2. The van der Waals surface area contributed by atoms with Gasteiger partial charge in [-0.3, -0.25) is 0 Å². The van der Waals surface area contributed by atoms with E-state index in [0.717, 1.165) is 34.7 Å². The Bertz CT molecular complexity index is 1200. The van der Waals surface area contributed by atoms with Gasteiger partial charge in [-0.1, -0.05) is 30.9 Å². The summed E-state index contributed by atoms with van der Waals surface area (Å²) in [5.74, 6) is 5.16. The van der Waals surface area contributed by atoms with Crippen LogP contribution in [0.5, 0.6) is 0 Å². The van der Waals surface area contributed by atoms with E-state index in [0.29, 0.717) is 11.2 Å². The summed E-state index contributed by atoms with van der Waals surface area (Å²) in [5, 5.41) is 0.873. The molecular formula is C24H16F2N2. The zero-order valence-corrected chi connectivity index (χ0v) is 15.2. The average molecular weight is 370 g/mol. The number of fused-ring (bicyclic) bond motifs is 1. The summed E-state index contributed by atoms with van der Waals surface area (Å²) in [6, 6.07) is 15.4. The summed E-state index contributed by atoms with van der Waals surface area (Å²) >= 11 is 0. The monoisotopic (exact) mass is 370 g/mol. The molecule has 1 aromatic heterocycles. The molecule has 0 aliphatic heterocycles. The molecule has 0 N–H and O–H groups in total. The van der Waals surface area contributed by atoms with Gasteiger partial charge in [0, 0.05) is 34.5 Å². The van der Waals surface area contributed by atoms with Gasteiger partial charge < -0.3 is 0 Å². The summed E-state index contributed by atoms with van der Waals surface area (Å²) in [4.78, 5) is 8.76. The fourth-order valence-electron chi connectivity index (χ4n) is 2.88. The number of halogens is 2. The minimum atomic E-state index is -0.847. The van der Waals surface area contributed by atoms with Crippen LogP contribution in [0.3, 0.4) is 0 Å². The number of benzene rings is 3. The van der Waals surface area contributed by atoms with E-state index in [-0.39, 0.29) is 5.39 Å². The first-order valence-electron chi connectivity index (χ1n) is 8.95. The second-order valence-electron chi connectivity index (χ2n) is 6.39. The van der Waals surface area contributed by atoms with E-state index in [1.54, 1.807) is 24.3 Å². The predicted octanol–water partition coefficient (Wildman–Crippen LogP) is 5.54. The second-order valence-corrected chi connectivity index (χ2v) is 6.39. The van der Waals surface area contributed by atoms with Crippen molar-refractivity contribution in [1.82, 2.24) is 9.97 Å². The number of rotatable bonds is 2. The minimum absolute atomic E-state index is 0.254. The molecule has 4 aromatic rings. The first-order chi connectivity index (χ1) is 13.6. The molecule has 0 atom stereocenters. The van der Waals surface area contributed by atoms with Crippen LogP contribution in [0.25, 0.3) is 22.2 Å². The van der Waals surface area contributed by atoms with Crippen molar-refractivity contribution in [2.24, 2.45) is 0 Å². The molecule has 2 nitrogen and oxygen atoms in total. The molecule has 4 heteroatoms. The quantitative estimate of drug-likeness (QED) is 0.433. The third kappa shape index (κ3) is 3.60. The first kappa shape index (κ1) is 17.8. The maximum absolute atomic E-state index is 13.8. The van der Waals surface area contributed by atoms with Gasteiger partial charge in [-0.25, -0.2) is 18.7 Å². The molecule has 3 aromatic carbocycles. The van der Waals surface area contributed by atoms with E-state index >= 15 is 0 Å². The third-order valence-electron chi connectivity index (χ3n) is 4.51. The van der Waals surface area contributed by atoms with E-state index in [9.17, 15) is 8.78 Å². The van der Waals surface area contributed by atoms with Crippen LogP contribution >= 0.6 is 0 Å². The van der Waals surface area contributed by atoms with Crippen molar-refractivity contribution in [1.29, 1.82) is 0 Å². The predicted molar refractivity (Wildman–Crippen MR) is 107 cm³/mol. The van der Waals surface area contributed by atoms with Crippen molar-refractivity contribution in [3.05, 3.63) is 95.3 Å². The number of hydrogen-bond acceptors (Lipinski definition) is 2. The Balaban J connectivity index is 1.57. The summed E-state index contributed by atoms with van der Waals surface area (Å²) < 4.78 is 27.1. The van der Waals surface area contributed by atoms with Gasteiger partial charge >= 0.3 is 0 Å². The molecule has 0 bridgehead atoms. The van der Waals surface area contributed by atoms with Gasteiger partial charge in [-0.15, -0.1) is 0 Å². The molecule has 0 aliphatic rings. The van der Waals surface area contributed by atoms with Crippen LogP contribution in [0.4, 0.5) is 8.78 Å². The largest absolute Gasteiger partial charge is 0.236 e. The molecular weight excluding hydrogens is 354 g/mol. The highest BCUT2D eigenvalue weighted by atomic mass is 19.2. The number of hydrogen-bond donors (Lipinski definition) is 0. The lowest BCUT2D eigenvalue weighted by Gasteiger charge is -2.02. The third-order valence-corrected chi connectivity index (χ3v) is 4.51. The molecule has 0 fully saturated rings. The summed E-state index contributed by atoms with van der Waals surface area (Å²) in [6.45, 7) is 2.07. The second kappa shape index (κ2) is 7.58. The van der Waals surface area contributed by atoms with E-state index in [1.807, 2.05) is 36.7 Å². The van der Waals surface area contributed by atoms with Crippen molar-refractivity contribution < 1.29 is 8.78 Å². The summed E-state index contributed by atoms with van der Waals surface area (Å²) in [5.41, 5.74) is 3.61. The van der Waals surface area contributed by atoms with E-state index in [1.165, 1.54) is 0 Å². The van der Waals surface area contributed by atoms with E-state index in [4.69, 9.17) is 0 Å². The van der Waals surface area contributed by atoms with E-state index in [2.05, 4.69) is 28.7 Å². The van der Waals surface area contributed by atoms with Crippen LogP contribution in [-0.2, 0) is 6.42 Å². The van der Waals surface area contributed by atoms with Crippen LogP contribution in [0.2, 0.25) is 0 Å². The highest BCUT2D eigenvalue weighted by Crippen LogP contribution is 2.21. The van der Waals surface area contributed by atoms with Gasteiger partial charge in [-0.05, 0) is 59.8 Å². The van der Waals surface area contributed by atoms with Crippen molar-refractivity contribution in [3.63, 3.8) is 0 Å². The highest BCUT2D eigenvalue weighted by molar-refractivity contribution is 5.84. The van der Waals surface area contributed by atoms with Crippen LogP contribution in [-0.4, -0.2) is 9.97 Å². The fourth-order valence-corrected chi connectivity index (χ4v) is 2.88. The van der Waals surface area contributed by atoms with Gasteiger partial charge in [-0.2, -0.15) is 0 Å². The maximum atomic E-state index is 13.8.